The molecule has 0 aliphatic heterocycles. The first-order valence-electron chi connectivity index (χ1n) is 4.59. The minimum atomic E-state index is 0.768. The zero-order chi connectivity index (χ0) is 10.8. The summed E-state index contributed by atoms with van der Waals surface area (Å²) in [6.07, 6.45) is 2.04. The first-order valence-corrected chi connectivity index (χ1v) is 6.05. The van der Waals surface area contributed by atoms with Crippen LogP contribution in [0, 0.1) is 10.6 Å². The van der Waals surface area contributed by atoms with E-state index in [9.17, 15) is 0 Å². The summed E-state index contributed by atoms with van der Waals surface area (Å²) in [5.41, 5.74) is 2.37. The molecule has 4 heteroatoms. The van der Waals surface area contributed by atoms with Crippen LogP contribution < -0.4 is 0 Å². The fraction of sp³-hybridized carbons (Fsp3) is 0.182. The second-order valence-corrected chi connectivity index (χ2v) is 4.89. The molecule has 78 valence electrons. The molecular formula is C11H10ClIN2. The van der Waals surface area contributed by atoms with Gasteiger partial charge in [-0.2, -0.15) is 5.10 Å². The normalized spacial score (nSPS) is 10.6. The van der Waals surface area contributed by atoms with Crippen LogP contribution in [-0.2, 0) is 6.54 Å². The van der Waals surface area contributed by atoms with E-state index in [1.807, 2.05) is 29.1 Å². The van der Waals surface area contributed by atoms with Gasteiger partial charge in [0, 0.05) is 16.8 Å². The zero-order valence-corrected chi connectivity index (χ0v) is 11.2. The molecule has 2 nitrogen and oxygen atoms in total. The second-order valence-electron chi connectivity index (χ2n) is 3.43. The highest BCUT2D eigenvalue weighted by Gasteiger charge is 2.02. The maximum absolute atomic E-state index is 5.92. The molecule has 1 aromatic carbocycles. The van der Waals surface area contributed by atoms with Crippen LogP contribution in [0.4, 0.5) is 0 Å². The molecule has 0 bridgehead atoms. The number of benzene rings is 1. The first kappa shape index (κ1) is 11.0. The summed E-state index contributed by atoms with van der Waals surface area (Å²) in [6, 6.07) is 7.85. The van der Waals surface area contributed by atoms with Crippen molar-refractivity contribution >= 4 is 34.2 Å². The van der Waals surface area contributed by atoms with Gasteiger partial charge in [0.2, 0.25) is 0 Å². The lowest BCUT2D eigenvalue weighted by Crippen LogP contribution is -2.00. The maximum Gasteiger partial charge on any atom is 0.126 e. The van der Waals surface area contributed by atoms with E-state index in [4.69, 9.17) is 11.6 Å². The molecule has 0 atom stereocenters. The van der Waals surface area contributed by atoms with Crippen molar-refractivity contribution in [3.8, 4) is 0 Å². The molecule has 2 aromatic rings. The van der Waals surface area contributed by atoms with Crippen LogP contribution in [-0.4, -0.2) is 9.78 Å². The molecule has 0 spiro atoms. The Morgan fingerprint density at radius 1 is 1.47 bits per heavy atom. The highest BCUT2D eigenvalue weighted by atomic mass is 127. The van der Waals surface area contributed by atoms with E-state index in [0.717, 1.165) is 15.3 Å². The van der Waals surface area contributed by atoms with Crippen molar-refractivity contribution in [2.75, 3.05) is 0 Å². The van der Waals surface area contributed by atoms with E-state index in [1.54, 1.807) is 0 Å². The number of halogens is 2. The lowest BCUT2D eigenvalue weighted by Gasteiger charge is -2.01. The molecule has 0 radical (unpaired) electrons. The molecule has 0 aliphatic rings. The monoisotopic (exact) mass is 332 g/mol. The summed E-state index contributed by atoms with van der Waals surface area (Å²) in [7, 11) is 0. The van der Waals surface area contributed by atoms with Crippen molar-refractivity contribution in [3.05, 3.63) is 50.3 Å². The van der Waals surface area contributed by atoms with E-state index in [-0.39, 0.29) is 0 Å². The molecule has 0 amide bonds. The van der Waals surface area contributed by atoms with Crippen molar-refractivity contribution in [2.24, 2.45) is 0 Å². The Morgan fingerprint density at radius 2 is 2.27 bits per heavy atom. The lowest BCUT2D eigenvalue weighted by atomic mass is 10.2. The Kier molecular flexibility index (Phi) is 3.31. The summed E-state index contributed by atoms with van der Waals surface area (Å²) in [5.74, 6) is 0. The summed E-state index contributed by atoms with van der Waals surface area (Å²) in [5, 5.41) is 5.16. The van der Waals surface area contributed by atoms with Crippen molar-refractivity contribution < 1.29 is 0 Å². The molecule has 0 aliphatic carbocycles. The molecule has 0 unspecified atom stereocenters. The zero-order valence-electron chi connectivity index (χ0n) is 8.24. The van der Waals surface area contributed by atoms with Crippen molar-refractivity contribution in [3.63, 3.8) is 0 Å². The summed E-state index contributed by atoms with van der Waals surface area (Å²) in [4.78, 5) is 0. The molecule has 0 N–H and O–H groups in total. The van der Waals surface area contributed by atoms with Gasteiger partial charge >= 0.3 is 0 Å². The third-order valence-corrected chi connectivity index (χ3v) is 3.42. The Morgan fingerprint density at radius 3 is 2.87 bits per heavy atom. The van der Waals surface area contributed by atoms with Crippen LogP contribution >= 0.6 is 34.2 Å². The minimum absolute atomic E-state index is 0.768. The smallest absolute Gasteiger partial charge is 0.126 e. The molecule has 15 heavy (non-hydrogen) atoms. The minimum Gasteiger partial charge on any atom is -0.267 e. The average Bonchev–Trinajstić information content (AvgIpc) is 2.45. The van der Waals surface area contributed by atoms with Gasteiger partial charge < -0.3 is 0 Å². The Bertz CT molecular complexity index is 460. The van der Waals surface area contributed by atoms with Crippen molar-refractivity contribution in [1.29, 1.82) is 0 Å². The Balaban J connectivity index is 2.22. The van der Waals surface area contributed by atoms with Crippen LogP contribution in [0.3, 0.4) is 0 Å². The predicted molar refractivity (Wildman–Crippen MR) is 70.2 cm³/mol. The van der Waals surface area contributed by atoms with E-state index in [2.05, 4.69) is 40.7 Å². The second kappa shape index (κ2) is 4.53. The van der Waals surface area contributed by atoms with E-state index < -0.39 is 0 Å². The number of hydrogen-bond acceptors (Lipinski definition) is 1. The molecular weight excluding hydrogens is 322 g/mol. The maximum atomic E-state index is 5.92. The van der Waals surface area contributed by atoms with E-state index in [1.165, 1.54) is 11.1 Å². The third kappa shape index (κ3) is 2.72. The van der Waals surface area contributed by atoms with E-state index in [0.29, 0.717) is 0 Å². The fourth-order valence-electron chi connectivity index (χ4n) is 1.40. The summed E-state index contributed by atoms with van der Waals surface area (Å²) in [6.45, 7) is 2.83. The van der Waals surface area contributed by atoms with Crippen molar-refractivity contribution in [1.82, 2.24) is 9.78 Å². The molecule has 0 fully saturated rings. The fourth-order valence-corrected chi connectivity index (χ4v) is 2.03. The van der Waals surface area contributed by atoms with Crippen molar-refractivity contribution in [2.45, 2.75) is 13.5 Å². The lowest BCUT2D eigenvalue weighted by molar-refractivity contribution is 0.681. The van der Waals surface area contributed by atoms with Gasteiger partial charge in [-0.15, -0.1) is 0 Å². The van der Waals surface area contributed by atoms with Crippen LogP contribution in [0.5, 0.6) is 0 Å². The van der Waals surface area contributed by atoms with Gasteiger partial charge in [0.1, 0.15) is 3.70 Å². The van der Waals surface area contributed by atoms with Gasteiger partial charge in [-0.3, -0.25) is 4.68 Å². The molecule has 0 saturated heterocycles. The SMILES string of the molecule is Cc1cn(Cc2cccc(Cl)c2)nc1I. The molecule has 1 aromatic heterocycles. The highest BCUT2D eigenvalue weighted by Crippen LogP contribution is 2.13. The van der Waals surface area contributed by atoms with Gasteiger partial charge in [0.25, 0.3) is 0 Å². The number of aromatic nitrogens is 2. The van der Waals surface area contributed by atoms with Gasteiger partial charge in [-0.1, -0.05) is 23.7 Å². The van der Waals surface area contributed by atoms with Crippen LogP contribution in [0.1, 0.15) is 11.1 Å². The first-order chi connectivity index (χ1) is 7.15. The predicted octanol–water partition coefficient (Wildman–Crippen LogP) is 3.50. The quantitative estimate of drug-likeness (QED) is 0.770. The van der Waals surface area contributed by atoms with E-state index >= 15 is 0 Å². The van der Waals surface area contributed by atoms with Gasteiger partial charge in [0.05, 0.1) is 6.54 Å². The highest BCUT2D eigenvalue weighted by molar-refractivity contribution is 14.1. The number of aryl methyl sites for hydroxylation is 1. The molecule has 2 rings (SSSR count). The number of rotatable bonds is 2. The van der Waals surface area contributed by atoms with Gasteiger partial charge in [-0.25, -0.2) is 0 Å². The third-order valence-electron chi connectivity index (χ3n) is 2.12. The van der Waals surface area contributed by atoms with Crippen LogP contribution in [0.25, 0.3) is 0 Å². The number of hydrogen-bond donors (Lipinski definition) is 0. The number of nitrogens with zero attached hydrogens (tertiary/aromatic N) is 2. The van der Waals surface area contributed by atoms with Gasteiger partial charge in [0.15, 0.2) is 0 Å². The summed E-state index contributed by atoms with van der Waals surface area (Å²) >= 11 is 8.15. The largest absolute Gasteiger partial charge is 0.267 e. The Hall–Kier alpha value is -0.550. The molecule has 1 heterocycles. The Labute approximate surface area is 107 Å². The average molecular weight is 333 g/mol. The molecule has 0 saturated carbocycles. The summed E-state index contributed by atoms with van der Waals surface area (Å²) < 4.78 is 2.98. The van der Waals surface area contributed by atoms with Crippen LogP contribution in [0.15, 0.2) is 30.5 Å². The van der Waals surface area contributed by atoms with Crippen LogP contribution in [0.2, 0.25) is 5.02 Å². The standard InChI is InChI=1S/C11H10ClIN2/c1-8-6-15(14-11(8)13)7-9-3-2-4-10(12)5-9/h2-6H,7H2,1H3. The van der Waals surface area contributed by atoms with Gasteiger partial charge in [-0.05, 0) is 47.2 Å². The topological polar surface area (TPSA) is 17.8 Å².